The Bertz CT molecular complexity index is 1470. The molecule has 0 aromatic carbocycles. The molecular formula is C80H160NO8P. The minimum Gasteiger partial charge on any atom is -0.756 e. The van der Waals surface area contributed by atoms with Crippen LogP contribution in [0.25, 0.3) is 0 Å². The lowest BCUT2D eigenvalue weighted by Crippen LogP contribution is -2.37. The van der Waals surface area contributed by atoms with Crippen LogP contribution in [0.3, 0.4) is 0 Å². The number of hydrogen-bond donors (Lipinski definition) is 0. The molecule has 0 N–H and O–H groups in total. The number of ether oxygens (including phenoxy) is 2. The molecule has 0 aromatic rings. The molecule has 0 fully saturated rings. The van der Waals surface area contributed by atoms with Gasteiger partial charge in [-0.2, -0.15) is 0 Å². The first-order valence-electron chi connectivity index (χ1n) is 40.7. The Morgan fingerprint density at radius 3 is 0.711 bits per heavy atom. The molecule has 0 aliphatic rings. The monoisotopic (exact) mass is 1290 g/mol. The van der Waals surface area contributed by atoms with Crippen LogP contribution in [0, 0.1) is 0 Å². The molecule has 0 saturated heterocycles. The number of likely N-dealkylation sites (N-methyl/N-ethyl adjacent to an activating group) is 1. The third-order valence-electron chi connectivity index (χ3n) is 19.1. The maximum Gasteiger partial charge on any atom is 0.306 e. The average Bonchev–Trinajstić information content (AvgIpc) is 3.61. The Morgan fingerprint density at radius 2 is 0.500 bits per heavy atom. The highest BCUT2D eigenvalue weighted by Crippen LogP contribution is 2.38. The molecule has 0 rings (SSSR count). The number of carbonyl (C=O) groups is 2. The van der Waals surface area contributed by atoms with E-state index >= 15 is 0 Å². The van der Waals surface area contributed by atoms with Crippen molar-refractivity contribution in [3.05, 3.63) is 0 Å². The van der Waals surface area contributed by atoms with Gasteiger partial charge in [0.1, 0.15) is 19.8 Å². The summed E-state index contributed by atoms with van der Waals surface area (Å²) in [4.78, 5) is 38.2. The largest absolute Gasteiger partial charge is 0.756 e. The van der Waals surface area contributed by atoms with Crippen LogP contribution < -0.4 is 4.89 Å². The van der Waals surface area contributed by atoms with Gasteiger partial charge in [-0.1, -0.05) is 425 Å². The predicted octanol–water partition coefficient (Wildman–Crippen LogP) is 26.2. The van der Waals surface area contributed by atoms with Gasteiger partial charge in [0.15, 0.2) is 6.10 Å². The average molecular weight is 1300 g/mol. The molecule has 0 bridgehead atoms. The predicted molar refractivity (Wildman–Crippen MR) is 389 cm³/mol. The fraction of sp³-hybridized carbons (Fsp3) is 0.975. The van der Waals surface area contributed by atoms with Gasteiger partial charge in [0.05, 0.1) is 27.7 Å². The first-order valence-corrected chi connectivity index (χ1v) is 42.2. The lowest BCUT2D eigenvalue weighted by molar-refractivity contribution is -0.870. The fourth-order valence-electron chi connectivity index (χ4n) is 12.9. The van der Waals surface area contributed by atoms with Gasteiger partial charge in [0.25, 0.3) is 7.82 Å². The summed E-state index contributed by atoms with van der Waals surface area (Å²) >= 11 is 0. The highest BCUT2D eigenvalue weighted by atomic mass is 31.2. The second kappa shape index (κ2) is 72.3. The molecule has 2 unspecified atom stereocenters. The van der Waals surface area contributed by atoms with E-state index in [0.717, 1.165) is 32.1 Å². The SMILES string of the molecule is CCCCCCCCCCCCCCCCCCCCCCCCCCCCCCCCCCCCCCC(=O)OC(COC(=O)CCCCCCCCCCCCCCCCCCCCCCCCCCCCCCCC)COP(=O)([O-])OCC[N+](C)(C)C. The van der Waals surface area contributed by atoms with Gasteiger partial charge < -0.3 is 27.9 Å². The first-order chi connectivity index (χ1) is 44.0. The van der Waals surface area contributed by atoms with E-state index in [0.29, 0.717) is 17.4 Å². The molecule has 0 aliphatic heterocycles. The van der Waals surface area contributed by atoms with Crippen molar-refractivity contribution < 1.29 is 42.1 Å². The lowest BCUT2D eigenvalue weighted by atomic mass is 10.0. The van der Waals surface area contributed by atoms with E-state index in [-0.39, 0.29) is 32.0 Å². The van der Waals surface area contributed by atoms with Crippen LogP contribution in [-0.4, -0.2) is 70.0 Å². The molecule has 0 aliphatic carbocycles. The van der Waals surface area contributed by atoms with E-state index in [2.05, 4.69) is 13.8 Å². The number of phosphoric ester groups is 1. The molecule has 0 heterocycles. The highest BCUT2D eigenvalue weighted by Gasteiger charge is 2.22. The molecule has 10 heteroatoms. The van der Waals surface area contributed by atoms with Gasteiger partial charge in [0.2, 0.25) is 0 Å². The van der Waals surface area contributed by atoms with E-state index in [4.69, 9.17) is 18.5 Å². The number of rotatable bonds is 78. The Kier molecular flexibility index (Phi) is 71.5. The molecule has 0 aromatic heterocycles. The van der Waals surface area contributed by atoms with Crippen molar-refractivity contribution in [2.24, 2.45) is 0 Å². The van der Waals surface area contributed by atoms with Crippen molar-refractivity contribution in [2.75, 3.05) is 47.5 Å². The molecule has 538 valence electrons. The number of esters is 2. The van der Waals surface area contributed by atoms with Crippen LogP contribution in [0.15, 0.2) is 0 Å². The standard InChI is InChI=1S/C80H160NO8P/c1-6-8-10-12-14-16-18-20-22-24-26-28-30-32-34-36-38-39-40-41-42-43-45-47-49-51-53-55-57-59-61-63-65-67-69-71-73-80(83)89-78(77-88-90(84,85)87-75-74-81(3,4)5)76-86-79(82)72-70-68-66-64-62-60-58-56-54-52-50-48-46-44-37-35-33-31-29-27-25-23-21-19-17-15-13-11-9-7-2/h78H,6-77H2,1-5H3. The van der Waals surface area contributed by atoms with Gasteiger partial charge >= 0.3 is 11.9 Å². The number of quaternary nitrogens is 1. The van der Waals surface area contributed by atoms with E-state index in [1.807, 2.05) is 21.1 Å². The summed E-state index contributed by atoms with van der Waals surface area (Å²) in [6, 6.07) is 0. The number of hydrogen-bond acceptors (Lipinski definition) is 8. The summed E-state index contributed by atoms with van der Waals surface area (Å²) in [6.07, 6.45) is 89.6. The number of unbranched alkanes of at least 4 members (excludes halogenated alkanes) is 64. The number of nitrogens with zero attached hydrogens (tertiary/aromatic N) is 1. The quantitative estimate of drug-likeness (QED) is 0.0256. The maximum absolute atomic E-state index is 12.9. The van der Waals surface area contributed by atoms with Gasteiger partial charge in [-0.05, 0) is 12.8 Å². The third-order valence-corrected chi connectivity index (χ3v) is 20.1. The second-order valence-electron chi connectivity index (χ2n) is 29.5. The molecule has 0 radical (unpaired) electrons. The van der Waals surface area contributed by atoms with Crippen molar-refractivity contribution in [1.82, 2.24) is 0 Å². The molecule has 2 atom stereocenters. The van der Waals surface area contributed by atoms with Crippen LogP contribution in [0.1, 0.15) is 450 Å². The summed E-state index contributed by atoms with van der Waals surface area (Å²) in [7, 11) is 1.20. The maximum atomic E-state index is 12.9. The zero-order valence-electron chi connectivity index (χ0n) is 61.6. The Labute approximate surface area is 563 Å². The fourth-order valence-corrected chi connectivity index (χ4v) is 13.6. The van der Waals surface area contributed by atoms with Crippen molar-refractivity contribution >= 4 is 19.8 Å². The van der Waals surface area contributed by atoms with Crippen molar-refractivity contribution in [3.8, 4) is 0 Å². The van der Waals surface area contributed by atoms with Crippen LogP contribution in [0.2, 0.25) is 0 Å². The van der Waals surface area contributed by atoms with Gasteiger partial charge in [0, 0.05) is 12.8 Å². The van der Waals surface area contributed by atoms with Gasteiger partial charge in [-0.25, -0.2) is 0 Å². The molecule has 0 spiro atoms. The first kappa shape index (κ1) is 89.0. The summed E-state index contributed by atoms with van der Waals surface area (Å²) < 4.78 is 34.4. The molecule has 90 heavy (non-hydrogen) atoms. The van der Waals surface area contributed by atoms with Crippen molar-refractivity contribution in [3.63, 3.8) is 0 Å². The zero-order valence-corrected chi connectivity index (χ0v) is 62.5. The number of carbonyl (C=O) groups excluding carboxylic acids is 2. The highest BCUT2D eigenvalue weighted by molar-refractivity contribution is 7.45. The second-order valence-corrected chi connectivity index (χ2v) is 30.9. The molecule has 9 nitrogen and oxygen atoms in total. The Morgan fingerprint density at radius 1 is 0.300 bits per heavy atom. The minimum atomic E-state index is -4.64. The third kappa shape index (κ3) is 76.0. The normalized spacial score (nSPS) is 12.9. The molecular weight excluding hydrogens is 1130 g/mol. The summed E-state index contributed by atoms with van der Waals surface area (Å²) in [5.41, 5.74) is 0. The summed E-state index contributed by atoms with van der Waals surface area (Å²) in [5.74, 6) is -0.800. The van der Waals surface area contributed by atoms with E-state index < -0.39 is 26.5 Å². The van der Waals surface area contributed by atoms with E-state index in [9.17, 15) is 19.0 Å². The van der Waals surface area contributed by atoms with Crippen LogP contribution in [0.5, 0.6) is 0 Å². The zero-order chi connectivity index (χ0) is 65.5. The van der Waals surface area contributed by atoms with E-state index in [1.54, 1.807) is 0 Å². The summed E-state index contributed by atoms with van der Waals surface area (Å²) in [5, 5.41) is 0. The molecule has 0 amide bonds. The van der Waals surface area contributed by atoms with Crippen molar-refractivity contribution in [1.29, 1.82) is 0 Å². The Balaban J connectivity index is 3.87. The van der Waals surface area contributed by atoms with Crippen LogP contribution >= 0.6 is 7.82 Å². The Hall–Kier alpha value is -0.990. The molecule has 0 saturated carbocycles. The smallest absolute Gasteiger partial charge is 0.306 e. The van der Waals surface area contributed by atoms with Crippen LogP contribution in [-0.2, 0) is 32.7 Å². The minimum absolute atomic E-state index is 0.0246. The lowest BCUT2D eigenvalue weighted by Gasteiger charge is -2.28. The summed E-state index contributed by atoms with van der Waals surface area (Å²) in [6.45, 7) is 4.35. The topological polar surface area (TPSA) is 111 Å². The van der Waals surface area contributed by atoms with Crippen LogP contribution in [0.4, 0.5) is 0 Å². The number of phosphoric acid groups is 1. The van der Waals surface area contributed by atoms with Crippen molar-refractivity contribution in [2.45, 2.75) is 457 Å². The van der Waals surface area contributed by atoms with Gasteiger partial charge in [-0.15, -0.1) is 0 Å². The van der Waals surface area contributed by atoms with Gasteiger partial charge in [-0.3, -0.25) is 14.2 Å². The van der Waals surface area contributed by atoms with E-state index in [1.165, 1.54) is 385 Å².